The molecule has 98 valence electrons. The van der Waals surface area contributed by atoms with E-state index in [0.717, 1.165) is 0 Å². The van der Waals surface area contributed by atoms with Crippen molar-refractivity contribution >= 4 is 11.8 Å². The molecule has 1 heterocycles. The second kappa shape index (κ2) is 7.71. The van der Waals surface area contributed by atoms with E-state index in [2.05, 4.69) is 10.7 Å². The zero-order valence-corrected chi connectivity index (χ0v) is 9.78. The van der Waals surface area contributed by atoms with Crippen LogP contribution in [0.1, 0.15) is 23.8 Å². The van der Waals surface area contributed by atoms with Crippen molar-refractivity contribution in [1.29, 1.82) is 0 Å². The maximum atomic E-state index is 10.4. The van der Waals surface area contributed by atoms with Gasteiger partial charge in [0.2, 0.25) is 11.9 Å². The summed E-state index contributed by atoms with van der Waals surface area (Å²) in [6.07, 6.45) is 1.34. The molecular weight excluding hydrogens is 240 g/mol. The van der Waals surface area contributed by atoms with E-state index in [-0.39, 0.29) is 6.42 Å². The van der Waals surface area contributed by atoms with Gasteiger partial charge in [0.1, 0.15) is 5.69 Å². The lowest BCUT2D eigenvalue weighted by Crippen LogP contribution is -2.23. The summed E-state index contributed by atoms with van der Waals surface area (Å²) in [6, 6.07) is 4.16. The van der Waals surface area contributed by atoms with Crippen LogP contribution in [0.5, 0.6) is 0 Å². The van der Waals surface area contributed by atoms with E-state index in [1.54, 1.807) is 18.2 Å². The molecule has 1 unspecified atom stereocenters. The van der Waals surface area contributed by atoms with Crippen molar-refractivity contribution in [1.82, 2.24) is 4.98 Å². The fourth-order valence-electron chi connectivity index (χ4n) is 0.874. The number of nitro groups is 1. The summed E-state index contributed by atoms with van der Waals surface area (Å²) >= 11 is 0. The predicted octanol–water partition coefficient (Wildman–Crippen LogP) is -0.292. The van der Waals surface area contributed by atoms with Crippen LogP contribution in [-0.4, -0.2) is 27.8 Å². The smallest absolute Gasteiger partial charge is 0.267 e. The Balaban J connectivity index is 0.000000321. The molecule has 2 amide bonds. The number of carbonyl (C=O) groups excluding carboxylic acids is 2. The maximum absolute atomic E-state index is 10.4. The first-order valence-electron chi connectivity index (χ1n) is 4.97. The molecule has 0 saturated heterocycles. The van der Waals surface area contributed by atoms with Crippen molar-refractivity contribution in [3.05, 3.63) is 40.2 Å². The van der Waals surface area contributed by atoms with E-state index in [9.17, 15) is 19.7 Å². The third kappa shape index (κ3) is 6.88. The predicted molar refractivity (Wildman–Crippen MR) is 63.0 cm³/mol. The Labute approximate surface area is 103 Å². The Morgan fingerprint density at radius 3 is 2.28 bits per heavy atom. The fourth-order valence-corrected chi connectivity index (χ4v) is 0.874. The summed E-state index contributed by atoms with van der Waals surface area (Å²) in [7, 11) is 0. The van der Waals surface area contributed by atoms with Crippen LogP contribution in [0.4, 0.5) is 0 Å². The first-order chi connectivity index (χ1) is 8.34. The minimum absolute atomic E-state index is 0.188. The van der Waals surface area contributed by atoms with Crippen molar-refractivity contribution in [3.8, 4) is 0 Å². The van der Waals surface area contributed by atoms with Crippen molar-refractivity contribution in [2.24, 2.45) is 11.5 Å². The molecule has 0 aliphatic rings. The van der Waals surface area contributed by atoms with Crippen LogP contribution in [0.3, 0.4) is 0 Å². The lowest BCUT2D eigenvalue weighted by Gasteiger charge is -1.97. The standard InChI is InChI=1S/C6H6N2O.C4H8N2O3/c7-6(9)5-3-1-2-4-8-5;1-3(6(8)9)2-4(5)7/h1-4H,(H2,7,9);3H,2H2,1H3,(H2,5,7). The second-order valence-corrected chi connectivity index (χ2v) is 3.38. The lowest BCUT2D eigenvalue weighted by atomic mass is 10.2. The van der Waals surface area contributed by atoms with Gasteiger partial charge in [-0.1, -0.05) is 6.07 Å². The fraction of sp³-hybridized carbons (Fsp3) is 0.300. The van der Waals surface area contributed by atoms with Crippen LogP contribution < -0.4 is 11.5 Å². The van der Waals surface area contributed by atoms with Gasteiger partial charge in [0, 0.05) is 18.0 Å². The molecule has 0 spiro atoms. The number of amides is 2. The highest BCUT2D eigenvalue weighted by Gasteiger charge is 2.14. The lowest BCUT2D eigenvalue weighted by molar-refractivity contribution is -0.516. The molecule has 1 aromatic heterocycles. The first kappa shape index (κ1) is 15.5. The van der Waals surface area contributed by atoms with Gasteiger partial charge in [-0.3, -0.25) is 24.7 Å². The number of aromatic nitrogens is 1. The number of nitrogens with two attached hydrogens (primary N) is 2. The number of primary amides is 2. The zero-order valence-electron chi connectivity index (χ0n) is 9.78. The zero-order chi connectivity index (χ0) is 14.1. The highest BCUT2D eigenvalue weighted by molar-refractivity contribution is 5.90. The molecule has 1 aromatic rings. The van der Waals surface area contributed by atoms with Gasteiger partial charge in [-0.15, -0.1) is 0 Å². The molecule has 18 heavy (non-hydrogen) atoms. The monoisotopic (exact) mass is 254 g/mol. The van der Waals surface area contributed by atoms with Crippen molar-refractivity contribution in [2.75, 3.05) is 0 Å². The van der Waals surface area contributed by atoms with Gasteiger partial charge in [0.25, 0.3) is 5.91 Å². The molecule has 4 N–H and O–H groups in total. The van der Waals surface area contributed by atoms with Crippen molar-refractivity contribution in [3.63, 3.8) is 0 Å². The first-order valence-corrected chi connectivity index (χ1v) is 4.97. The minimum atomic E-state index is -0.859. The molecule has 0 aliphatic heterocycles. The molecular formula is C10H14N4O4. The van der Waals surface area contributed by atoms with Crippen LogP contribution in [0.15, 0.2) is 24.4 Å². The van der Waals surface area contributed by atoms with Crippen molar-refractivity contribution in [2.45, 2.75) is 19.4 Å². The molecule has 0 aromatic carbocycles. The molecule has 0 radical (unpaired) electrons. The summed E-state index contributed by atoms with van der Waals surface area (Å²) in [5, 5.41) is 9.83. The molecule has 8 nitrogen and oxygen atoms in total. The molecule has 8 heteroatoms. The minimum Gasteiger partial charge on any atom is -0.369 e. The molecule has 1 rings (SSSR count). The van der Waals surface area contributed by atoms with Gasteiger partial charge in [0.15, 0.2) is 0 Å². The Morgan fingerprint density at radius 1 is 1.44 bits per heavy atom. The number of hydrogen-bond donors (Lipinski definition) is 2. The second-order valence-electron chi connectivity index (χ2n) is 3.38. The van der Waals surface area contributed by atoms with Crippen LogP contribution in [0.25, 0.3) is 0 Å². The van der Waals surface area contributed by atoms with Gasteiger partial charge in [0.05, 0.1) is 6.42 Å². The topological polar surface area (TPSA) is 142 Å². The summed E-state index contributed by atoms with van der Waals surface area (Å²) in [5.41, 5.74) is 9.90. The van der Waals surface area contributed by atoms with E-state index < -0.39 is 22.8 Å². The third-order valence-corrected chi connectivity index (χ3v) is 1.77. The highest BCUT2D eigenvalue weighted by atomic mass is 16.6. The molecule has 0 bridgehead atoms. The maximum Gasteiger partial charge on any atom is 0.267 e. The number of rotatable bonds is 4. The van der Waals surface area contributed by atoms with E-state index in [4.69, 9.17) is 5.73 Å². The van der Waals surface area contributed by atoms with Crippen LogP contribution >= 0.6 is 0 Å². The van der Waals surface area contributed by atoms with Gasteiger partial charge < -0.3 is 11.5 Å². The summed E-state index contributed by atoms with van der Waals surface area (Å²) in [6.45, 7) is 1.34. The van der Waals surface area contributed by atoms with Gasteiger partial charge in [-0.2, -0.15) is 0 Å². The largest absolute Gasteiger partial charge is 0.369 e. The average Bonchev–Trinajstić information content (AvgIpc) is 2.30. The third-order valence-electron chi connectivity index (χ3n) is 1.77. The van der Waals surface area contributed by atoms with E-state index in [1.165, 1.54) is 13.1 Å². The SMILES string of the molecule is CC(CC(N)=O)[N+](=O)[O-].NC(=O)c1ccccn1. The van der Waals surface area contributed by atoms with Crippen LogP contribution in [0.2, 0.25) is 0 Å². The van der Waals surface area contributed by atoms with Crippen LogP contribution in [0, 0.1) is 10.1 Å². The van der Waals surface area contributed by atoms with E-state index in [1.807, 2.05) is 0 Å². The average molecular weight is 254 g/mol. The molecule has 0 fully saturated rings. The van der Waals surface area contributed by atoms with Crippen LogP contribution in [-0.2, 0) is 4.79 Å². The quantitative estimate of drug-likeness (QED) is 0.560. The summed E-state index contributed by atoms with van der Waals surface area (Å²) in [4.78, 5) is 33.4. The number of carbonyl (C=O) groups is 2. The molecule has 0 saturated carbocycles. The number of pyridine rings is 1. The number of nitrogens with zero attached hydrogens (tertiary/aromatic N) is 2. The molecule has 1 atom stereocenters. The Bertz CT molecular complexity index is 421. The van der Waals surface area contributed by atoms with E-state index in [0.29, 0.717) is 5.69 Å². The van der Waals surface area contributed by atoms with Gasteiger partial charge >= 0.3 is 0 Å². The number of hydrogen-bond acceptors (Lipinski definition) is 5. The van der Waals surface area contributed by atoms with E-state index >= 15 is 0 Å². The Kier molecular flexibility index (Phi) is 6.64. The molecule has 0 aliphatic carbocycles. The van der Waals surface area contributed by atoms with Crippen molar-refractivity contribution < 1.29 is 14.5 Å². The summed E-state index contributed by atoms with van der Waals surface area (Å²) < 4.78 is 0. The van der Waals surface area contributed by atoms with Gasteiger partial charge in [-0.25, -0.2) is 0 Å². The normalized spacial score (nSPS) is 10.7. The summed E-state index contributed by atoms with van der Waals surface area (Å²) in [5.74, 6) is -1.13. The Hall–Kier alpha value is -2.51. The highest BCUT2D eigenvalue weighted by Crippen LogP contribution is 1.92. The Morgan fingerprint density at radius 2 is 2.06 bits per heavy atom. The van der Waals surface area contributed by atoms with Gasteiger partial charge in [-0.05, 0) is 12.1 Å².